The fraction of sp³-hybridized carbons (Fsp3) is 0. The molecule has 0 radical (unpaired) electrons. The van der Waals surface area contributed by atoms with Crippen molar-refractivity contribution < 1.29 is 40.9 Å². The Morgan fingerprint density at radius 3 is 2.85 bits per heavy atom. The number of rotatable bonds is 0. The average Bonchev–Trinajstić information content (AvgIpc) is 2.47. The topological polar surface area (TPSA) is 68.0 Å². The molecule has 0 bridgehead atoms. The van der Waals surface area contributed by atoms with Gasteiger partial charge in [0.15, 0.2) is 0 Å². The summed E-state index contributed by atoms with van der Waals surface area (Å²) >= 11 is 0. The van der Waals surface area contributed by atoms with E-state index in [1.807, 2.05) is 0 Å². The summed E-state index contributed by atoms with van der Waals surface area (Å²) < 4.78 is 0.843. The molecular formula is C7H6N3NaO2. The molecule has 13 heavy (non-hydrogen) atoms. The minimum Gasteiger partial charge on any atom is -1.00 e. The van der Waals surface area contributed by atoms with Crippen LogP contribution in [0.4, 0.5) is 4.79 Å². The van der Waals surface area contributed by atoms with Crippen LogP contribution in [0.15, 0.2) is 24.3 Å². The normalized spacial score (nSPS) is 9.54. The summed E-state index contributed by atoms with van der Waals surface area (Å²) in [5, 5.41) is 15.8. The number of fused-ring (bicyclic) bond motifs is 1. The minimum atomic E-state index is -1.12. The fourth-order valence-electron chi connectivity index (χ4n) is 1.01. The van der Waals surface area contributed by atoms with Gasteiger partial charge in [0.25, 0.3) is 0 Å². The second-order valence-electron chi connectivity index (χ2n) is 2.27. The van der Waals surface area contributed by atoms with Crippen molar-refractivity contribution in [1.82, 2.24) is 15.0 Å². The van der Waals surface area contributed by atoms with Gasteiger partial charge < -0.3 is 6.53 Å². The Bertz CT molecular complexity index is 445. The standard InChI is InChI=1S/C7H5N3O2.Na.H/c11-7(12)10-6-4-2-1-3-5(6)8-9-10;;/h1-4H,(H,11,12);;/q;+1;-1. The molecule has 0 unspecified atom stereocenters. The van der Waals surface area contributed by atoms with Gasteiger partial charge in [-0.25, -0.2) is 4.79 Å². The zero-order valence-electron chi connectivity index (χ0n) is 8.01. The first-order chi connectivity index (χ1) is 5.79. The molecule has 1 N–H and O–H groups in total. The van der Waals surface area contributed by atoms with Gasteiger partial charge in [-0.3, -0.25) is 0 Å². The van der Waals surface area contributed by atoms with Crippen LogP contribution in [0.25, 0.3) is 11.0 Å². The number of nitrogens with zero attached hydrogens (tertiary/aromatic N) is 3. The van der Waals surface area contributed by atoms with E-state index in [9.17, 15) is 4.79 Å². The average molecular weight is 187 g/mol. The van der Waals surface area contributed by atoms with Crippen LogP contribution in [-0.2, 0) is 0 Å². The van der Waals surface area contributed by atoms with Crippen molar-refractivity contribution in [3.63, 3.8) is 0 Å². The molecule has 1 aromatic heterocycles. The Balaban J connectivity index is 0.000000845. The third kappa shape index (κ3) is 1.72. The molecule has 5 nitrogen and oxygen atoms in total. The number of hydrogen-bond donors (Lipinski definition) is 1. The smallest absolute Gasteiger partial charge is 1.00 e. The van der Waals surface area contributed by atoms with Crippen molar-refractivity contribution in [2.45, 2.75) is 0 Å². The molecule has 0 spiro atoms. The number of carbonyl (C=O) groups is 1. The van der Waals surface area contributed by atoms with Gasteiger partial charge in [-0.05, 0) is 12.1 Å². The predicted octanol–water partition coefficient (Wildman–Crippen LogP) is -1.93. The Morgan fingerprint density at radius 2 is 2.15 bits per heavy atom. The molecule has 0 aliphatic carbocycles. The van der Waals surface area contributed by atoms with E-state index in [4.69, 9.17) is 5.11 Å². The van der Waals surface area contributed by atoms with Crippen LogP contribution in [0, 0.1) is 0 Å². The number of hydrogen-bond acceptors (Lipinski definition) is 3. The molecule has 6 heteroatoms. The van der Waals surface area contributed by atoms with Crippen molar-refractivity contribution in [2.75, 3.05) is 0 Å². The SMILES string of the molecule is O=C(O)n1nnc2ccccc21.[H-].[Na+]. The zero-order valence-corrected chi connectivity index (χ0v) is 9.01. The molecule has 0 aliphatic rings. The summed E-state index contributed by atoms with van der Waals surface area (Å²) in [7, 11) is 0. The molecule has 0 saturated carbocycles. The van der Waals surface area contributed by atoms with Crippen molar-refractivity contribution in [3.05, 3.63) is 24.3 Å². The van der Waals surface area contributed by atoms with Crippen molar-refractivity contribution in [3.8, 4) is 0 Å². The predicted molar refractivity (Wildman–Crippen MR) is 42.1 cm³/mol. The molecule has 0 aliphatic heterocycles. The van der Waals surface area contributed by atoms with Crippen LogP contribution in [0.2, 0.25) is 0 Å². The number of para-hydroxylation sites is 1. The maximum atomic E-state index is 10.5. The third-order valence-electron chi connectivity index (χ3n) is 1.53. The molecule has 2 rings (SSSR count). The first-order valence-corrected chi connectivity index (χ1v) is 3.33. The molecule has 2 aromatic rings. The Labute approximate surface area is 97.1 Å². The fourth-order valence-corrected chi connectivity index (χ4v) is 1.01. The monoisotopic (exact) mass is 187 g/mol. The van der Waals surface area contributed by atoms with Crippen LogP contribution in [0.5, 0.6) is 0 Å². The van der Waals surface area contributed by atoms with Gasteiger partial charge in [0.1, 0.15) is 11.0 Å². The molecule has 1 heterocycles. The van der Waals surface area contributed by atoms with E-state index < -0.39 is 6.09 Å². The van der Waals surface area contributed by atoms with Crippen molar-refractivity contribution in [2.24, 2.45) is 0 Å². The summed E-state index contributed by atoms with van der Waals surface area (Å²) in [5.41, 5.74) is 1.09. The number of aromatic nitrogens is 3. The van der Waals surface area contributed by atoms with Gasteiger partial charge in [0.2, 0.25) is 0 Å². The van der Waals surface area contributed by atoms with Crippen molar-refractivity contribution in [1.29, 1.82) is 0 Å². The third-order valence-corrected chi connectivity index (χ3v) is 1.53. The summed E-state index contributed by atoms with van der Waals surface area (Å²) in [5.74, 6) is 0. The van der Waals surface area contributed by atoms with Gasteiger partial charge in [-0.15, -0.1) is 9.78 Å². The summed E-state index contributed by atoms with van der Waals surface area (Å²) in [6, 6.07) is 6.89. The molecule has 0 saturated heterocycles. The molecule has 0 amide bonds. The van der Waals surface area contributed by atoms with Gasteiger partial charge in [0, 0.05) is 0 Å². The number of carboxylic acid groups (broad SMARTS) is 1. The van der Waals surface area contributed by atoms with E-state index in [0.717, 1.165) is 4.68 Å². The molecule has 62 valence electrons. The Hall–Kier alpha value is -0.910. The summed E-state index contributed by atoms with van der Waals surface area (Å²) in [6.45, 7) is 0. The van der Waals surface area contributed by atoms with E-state index in [2.05, 4.69) is 10.3 Å². The van der Waals surface area contributed by atoms with Crippen LogP contribution >= 0.6 is 0 Å². The van der Waals surface area contributed by atoms with Gasteiger partial charge in [-0.2, -0.15) is 0 Å². The van der Waals surface area contributed by atoms with Crippen molar-refractivity contribution >= 4 is 17.1 Å². The molecule has 1 aromatic carbocycles. The first-order valence-electron chi connectivity index (χ1n) is 3.33. The van der Waals surface area contributed by atoms with E-state index >= 15 is 0 Å². The van der Waals surface area contributed by atoms with E-state index in [1.54, 1.807) is 24.3 Å². The van der Waals surface area contributed by atoms with E-state index in [-0.39, 0.29) is 31.0 Å². The second kappa shape index (κ2) is 3.87. The molecule has 0 fully saturated rings. The maximum absolute atomic E-state index is 10.5. The summed E-state index contributed by atoms with van der Waals surface area (Å²) in [4.78, 5) is 10.5. The van der Waals surface area contributed by atoms with Gasteiger partial charge in [0.05, 0.1) is 0 Å². The zero-order chi connectivity index (χ0) is 8.55. The van der Waals surface area contributed by atoms with Gasteiger partial charge >= 0.3 is 35.7 Å². The number of benzene rings is 1. The Kier molecular flexibility index (Phi) is 3.02. The molecular weight excluding hydrogens is 181 g/mol. The van der Waals surface area contributed by atoms with Crippen LogP contribution in [0.3, 0.4) is 0 Å². The van der Waals surface area contributed by atoms with Crippen LogP contribution < -0.4 is 29.6 Å². The quantitative estimate of drug-likeness (QED) is 0.488. The first kappa shape index (κ1) is 10.2. The second-order valence-corrected chi connectivity index (χ2v) is 2.27. The Morgan fingerprint density at radius 1 is 1.46 bits per heavy atom. The maximum Gasteiger partial charge on any atom is 1.00 e. The summed E-state index contributed by atoms with van der Waals surface area (Å²) in [6.07, 6.45) is -1.12. The van der Waals surface area contributed by atoms with E-state index in [0.29, 0.717) is 11.0 Å². The van der Waals surface area contributed by atoms with Crippen LogP contribution in [0.1, 0.15) is 1.43 Å². The largest absolute Gasteiger partial charge is 1.00 e. The van der Waals surface area contributed by atoms with Gasteiger partial charge in [-0.1, -0.05) is 17.3 Å². The minimum absolute atomic E-state index is 0. The van der Waals surface area contributed by atoms with E-state index in [1.165, 1.54) is 0 Å². The van der Waals surface area contributed by atoms with Crippen LogP contribution in [-0.4, -0.2) is 26.2 Å². The molecule has 0 atom stereocenters.